The van der Waals surface area contributed by atoms with E-state index in [1.807, 2.05) is 24.3 Å². The molecule has 1 aromatic carbocycles. The fourth-order valence-corrected chi connectivity index (χ4v) is 2.38. The lowest BCUT2D eigenvalue weighted by Crippen LogP contribution is -2.10. The summed E-state index contributed by atoms with van der Waals surface area (Å²) in [6.45, 7) is 6.51. The van der Waals surface area contributed by atoms with Crippen LogP contribution < -0.4 is 5.73 Å². The summed E-state index contributed by atoms with van der Waals surface area (Å²) < 4.78 is 0. The van der Waals surface area contributed by atoms with Gasteiger partial charge in [0.2, 0.25) is 0 Å². The van der Waals surface area contributed by atoms with Gasteiger partial charge >= 0.3 is 0 Å². The summed E-state index contributed by atoms with van der Waals surface area (Å²) in [6.07, 6.45) is 0. The number of hydrogen-bond acceptors (Lipinski definition) is 3. The van der Waals surface area contributed by atoms with Crippen molar-refractivity contribution in [3.63, 3.8) is 0 Å². The Balaban J connectivity index is 2.44. The van der Waals surface area contributed by atoms with Gasteiger partial charge in [-0.05, 0) is 6.07 Å². The van der Waals surface area contributed by atoms with Crippen LogP contribution in [0.5, 0.6) is 0 Å². The predicted molar refractivity (Wildman–Crippen MR) is 70.7 cm³/mol. The highest BCUT2D eigenvalue weighted by molar-refractivity contribution is 7.10. The molecule has 0 amide bonds. The molecule has 0 aliphatic carbocycles. The van der Waals surface area contributed by atoms with Crippen molar-refractivity contribution in [1.82, 2.24) is 4.98 Å². The second-order valence-electron chi connectivity index (χ2n) is 4.88. The standard InChI is InChI=1S/C13H16N2S/c1-13(2,3)12-15-11(8-16-12)9-6-4-5-7-10(9)14/h4-8H,14H2,1-3H3. The molecule has 0 saturated heterocycles. The Hall–Kier alpha value is -1.35. The van der Waals surface area contributed by atoms with Crippen LogP contribution in [0.2, 0.25) is 0 Å². The molecule has 3 heteroatoms. The molecule has 0 atom stereocenters. The molecule has 0 spiro atoms. The van der Waals surface area contributed by atoms with E-state index in [-0.39, 0.29) is 5.41 Å². The number of rotatable bonds is 1. The zero-order valence-corrected chi connectivity index (χ0v) is 10.6. The largest absolute Gasteiger partial charge is 0.398 e. The first-order chi connectivity index (χ1) is 7.48. The van der Waals surface area contributed by atoms with Gasteiger partial charge in [-0.25, -0.2) is 4.98 Å². The molecule has 0 saturated carbocycles. The SMILES string of the molecule is CC(C)(C)c1nc(-c2ccccc2N)cs1. The van der Waals surface area contributed by atoms with Crippen molar-refractivity contribution in [2.45, 2.75) is 26.2 Å². The second-order valence-corrected chi connectivity index (χ2v) is 5.73. The number of anilines is 1. The molecule has 2 N–H and O–H groups in total. The van der Waals surface area contributed by atoms with E-state index in [0.29, 0.717) is 0 Å². The summed E-state index contributed by atoms with van der Waals surface area (Å²) in [4.78, 5) is 4.65. The minimum Gasteiger partial charge on any atom is -0.398 e. The summed E-state index contributed by atoms with van der Waals surface area (Å²) in [5.41, 5.74) is 8.83. The number of nitrogens with two attached hydrogens (primary N) is 1. The van der Waals surface area contributed by atoms with Gasteiger partial charge in [-0.15, -0.1) is 11.3 Å². The third kappa shape index (κ3) is 2.09. The highest BCUT2D eigenvalue weighted by atomic mass is 32.1. The van der Waals surface area contributed by atoms with E-state index in [9.17, 15) is 0 Å². The Kier molecular flexibility index (Phi) is 2.72. The molecule has 0 aliphatic rings. The first-order valence-electron chi connectivity index (χ1n) is 5.29. The van der Waals surface area contributed by atoms with E-state index in [1.165, 1.54) is 0 Å². The van der Waals surface area contributed by atoms with Gasteiger partial charge in [0.05, 0.1) is 10.7 Å². The number of thiazole rings is 1. The molecule has 84 valence electrons. The van der Waals surface area contributed by atoms with Gasteiger partial charge in [0.25, 0.3) is 0 Å². The third-order valence-corrected chi connectivity index (χ3v) is 3.65. The predicted octanol–water partition coefficient (Wildman–Crippen LogP) is 3.69. The van der Waals surface area contributed by atoms with Crippen LogP contribution in [0.15, 0.2) is 29.6 Å². The van der Waals surface area contributed by atoms with Gasteiger partial charge in [0, 0.05) is 22.0 Å². The van der Waals surface area contributed by atoms with Gasteiger partial charge in [-0.1, -0.05) is 39.0 Å². The second kappa shape index (κ2) is 3.91. The van der Waals surface area contributed by atoms with E-state index < -0.39 is 0 Å². The minimum absolute atomic E-state index is 0.104. The molecule has 2 aromatic rings. The van der Waals surface area contributed by atoms with Gasteiger partial charge in [-0.3, -0.25) is 0 Å². The zero-order chi connectivity index (χ0) is 11.8. The van der Waals surface area contributed by atoms with Crippen LogP contribution in [0, 0.1) is 0 Å². The number of para-hydroxylation sites is 1. The van der Waals surface area contributed by atoms with Gasteiger partial charge in [0.1, 0.15) is 0 Å². The third-order valence-electron chi connectivity index (χ3n) is 2.38. The molecule has 16 heavy (non-hydrogen) atoms. The van der Waals surface area contributed by atoms with Crippen LogP contribution in [0.3, 0.4) is 0 Å². The normalized spacial score (nSPS) is 11.7. The summed E-state index contributed by atoms with van der Waals surface area (Å²) >= 11 is 1.69. The number of aromatic nitrogens is 1. The van der Waals surface area contributed by atoms with Crippen molar-refractivity contribution in [1.29, 1.82) is 0 Å². The van der Waals surface area contributed by atoms with Crippen LogP contribution >= 0.6 is 11.3 Å². The molecular weight excluding hydrogens is 216 g/mol. The summed E-state index contributed by atoms with van der Waals surface area (Å²) in [5.74, 6) is 0. The average molecular weight is 232 g/mol. The monoisotopic (exact) mass is 232 g/mol. The number of hydrogen-bond donors (Lipinski definition) is 1. The van der Waals surface area contributed by atoms with Crippen LogP contribution in [0.4, 0.5) is 5.69 Å². The fraction of sp³-hybridized carbons (Fsp3) is 0.308. The van der Waals surface area contributed by atoms with Crippen molar-refractivity contribution < 1.29 is 0 Å². The number of nitrogen functional groups attached to an aromatic ring is 1. The molecule has 0 bridgehead atoms. The van der Waals surface area contributed by atoms with Crippen molar-refractivity contribution >= 4 is 17.0 Å². The number of benzene rings is 1. The average Bonchev–Trinajstić information content (AvgIpc) is 2.66. The van der Waals surface area contributed by atoms with Gasteiger partial charge in [0.15, 0.2) is 0 Å². The van der Waals surface area contributed by atoms with Crippen LogP contribution in [-0.2, 0) is 5.41 Å². The van der Waals surface area contributed by atoms with Crippen LogP contribution in [0.25, 0.3) is 11.3 Å². The smallest absolute Gasteiger partial charge is 0.0986 e. The highest BCUT2D eigenvalue weighted by Crippen LogP contribution is 2.31. The van der Waals surface area contributed by atoms with Crippen molar-refractivity contribution in [2.24, 2.45) is 0 Å². The molecule has 0 aliphatic heterocycles. The summed E-state index contributed by atoms with van der Waals surface area (Å²) in [7, 11) is 0. The Morgan fingerprint density at radius 1 is 1.19 bits per heavy atom. The molecular formula is C13H16N2S. The lowest BCUT2D eigenvalue weighted by molar-refractivity contribution is 0.586. The molecule has 1 aromatic heterocycles. The Morgan fingerprint density at radius 2 is 1.88 bits per heavy atom. The Labute approximate surface area is 100 Å². The zero-order valence-electron chi connectivity index (χ0n) is 9.82. The lowest BCUT2D eigenvalue weighted by Gasteiger charge is -2.13. The highest BCUT2D eigenvalue weighted by Gasteiger charge is 2.18. The van der Waals surface area contributed by atoms with E-state index >= 15 is 0 Å². The minimum atomic E-state index is 0.104. The first kappa shape index (κ1) is 11.1. The Morgan fingerprint density at radius 3 is 2.44 bits per heavy atom. The Bertz CT molecular complexity index is 495. The van der Waals surface area contributed by atoms with Gasteiger partial charge in [-0.2, -0.15) is 0 Å². The maximum atomic E-state index is 5.94. The van der Waals surface area contributed by atoms with Crippen LogP contribution in [0.1, 0.15) is 25.8 Å². The van der Waals surface area contributed by atoms with Crippen molar-refractivity contribution in [2.75, 3.05) is 5.73 Å². The van der Waals surface area contributed by atoms with E-state index in [1.54, 1.807) is 11.3 Å². The molecule has 1 heterocycles. The molecule has 0 fully saturated rings. The maximum Gasteiger partial charge on any atom is 0.0986 e. The molecule has 0 unspecified atom stereocenters. The summed E-state index contributed by atoms with van der Waals surface area (Å²) in [6, 6.07) is 7.85. The van der Waals surface area contributed by atoms with Gasteiger partial charge < -0.3 is 5.73 Å². The maximum absolute atomic E-state index is 5.94. The molecule has 2 rings (SSSR count). The number of nitrogens with zero attached hydrogens (tertiary/aromatic N) is 1. The van der Waals surface area contributed by atoms with E-state index in [4.69, 9.17) is 5.73 Å². The van der Waals surface area contributed by atoms with E-state index in [0.717, 1.165) is 22.0 Å². The molecule has 2 nitrogen and oxygen atoms in total. The molecule has 0 radical (unpaired) electrons. The fourth-order valence-electron chi connectivity index (χ4n) is 1.47. The van der Waals surface area contributed by atoms with E-state index in [2.05, 4.69) is 31.1 Å². The lowest BCUT2D eigenvalue weighted by atomic mass is 9.98. The topological polar surface area (TPSA) is 38.9 Å². The van der Waals surface area contributed by atoms with Crippen molar-refractivity contribution in [3.05, 3.63) is 34.7 Å². The van der Waals surface area contributed by atoms with Crippen LogP contribution in [-0.4, -0.2) is 4.98 Å². The first-order valence-corrected chi connectivity index (χ1v) is 6.17. The quantitative estimate of drug-likeness (QED) is 0.762. The van der Waals surface area contributed by atoms with Crippen molar-refractivity contribution in [3.8, 4) is 11.3 Å². The summed E-state index contributed by atoms with van der Waals surface area (Å²) in [5, 5.41) is 3.22.